The molecule has 1 N–H and O–H groups in total. The SMILES string of the molecule is CC1CCC(C)N(c2cc(Br)ccc2C(C)O)C1. The monoisotopic (exact) mass is 311 g/mol. The molecular weight excluding hydrogens is 290 g/mol. The molecule has 0 radical (unpaired) electrons. The molecule has 1 aromatic rings. The average Bonchev–Trinajstić information content (AvgIpc) is 2.31. The predicted molar refractivity (Wildman–Crippen MR) is 80.0 cm³/mol. The fourth-order valence-electron chi connectivity index (χ4n) is 2.74. The molecule has 0 spiro atoms. The van der Waals surface area contributed by atoms with E-state index in [1.165, 1.54) is 18.5 Å². The van der Waals surface area contributed by atoms with E-state index in [-0.39, 0.29) is 0 Å². The maximum Gasteiger partial charge on any atom is 0.0782 e. The number of halogens is 1. The van der Waals surface area contributed by atoms with Gasteiger partial charge in [0, 0.05) is 28.3 Å². The maximum absolute atomic E-state index is 9.94. The van der Waals surface area contributed by atoms with Crippen molar-refractivity contribution in [2.45, 2.75) is 45.8 Å². The number of nitrogens with zero attached hydrogens (tertiary/aromatic N) is 1. The van der Waals surface area contributed by atoms with E-state index in [0.717, 1.165) is 22.5 Å². The molecule has 1 aliphatic rings. The van der Waals surface area contributed by atoms with Crippen LogP contribution in [0.25, 0.3) is 0 Å². The zero-order chi connectivity index (χ0) is 13.3. The summed E-state index contributed by atoms with van der Waals surface area (Å²) in [6.07, 6.45) is 2.11. The first-order valence-corrected chi connectivity index (χ1v) is 7.52. The van der Waals surface area contributed by atoms with Crippen LogP contribution in [0.2, 0.25) is 0 Å². The van der Waals surface area contributed by atoms with Crippen LogP contribution in [0.4, 0.5) is 5.69 Å². The van der Waals surface area contributed by atoms with Crippen LogP contribution in [-0.2, 0) is 0 Å². The van der Waals surface area contributed by atoms with Crippen LogP contribution in [0.15, 0.2) is 22.7 Å². The van der Waals surface area contributed by atoms with Crippen LogP contribution >= 0.6 is 15.9 Å². The van der Waals surface area contributed by atoms with Crippen molar-refractivity contribution in [1.29, 1.82) is 0 Å². The second-order valence-corrected chi connectivity index (χ2v) is 6.48. The van der Waals surface area contributed by atoms with Crippen LogP contribution in [0.5, 0.6) is 0 Å². The first-order chi connectivity index (χ1) is 8.49. The molecule has 1 aromatic carbocycles. The summed E-state index contributed by atoms with van der Waals surface area (Å²) in [6, 6.07) is 6.71. The van der Waals surface area contributed by atoms with Crippen LogP contribution in [0.1, 0.15) is 45.3 Å². The highest BCUT2D eigenvalue weighted by atomic mass is 79.9. The van der Waals surface area contributed by atoms with Crippen LogP contribution < -0.4 is 4.90 Å². The number of hydrogen-bond donors (Lipinski definition) is 1. The molecule has 3 unspecified atom stereocenters. The Balaban J connectivity index is 2.38. The van der Waals surface area contributed by atoms with Gasteiger partial charge in [0.05, 0.1) is 6.10 Å². The fraction of sp³-hybridized carbons (Fsp3) is 0.600. The van der Waals surface area contributed by atoms with Crippen LogP contribution in [0.3, 0.4) is 0 Å². The summed E-state index contributed by atoms with van der Waals surface area (Å²) in [5, 5.41) is 9.94. The van der Waals surface area contributed by atoms with Crippen molar-refractivity contribution in [2.24, 2.45) is 5.92 Å². The molecule has 18 heavy (non-hydrogen) atoms. The van der Waals surface area contributed by atoms with Crippen molar-refractivity contribution in [3.63, 3.8) is 0 Å². The van der Waals surface area contributed by atoms with Gasteiger partial charge in [-0.2, -0.15) is 0 Å². The molecule has 1 saturated heterocycles. The molecule has 2 rings (SSSR count). The summed E-state index contributed by atoms with van der Waals surface area (Å²) >= 11 is 3.54. The molecule has 0 aromatic heterocycles. The molecule has 0 bridgehead atoms. The molecule has 0 aliphatic carbocycles. The Hall–Kier alpha value is -0.540. The highest BCUT2D eigenvalue weighted by Gasteiger charge is 2.25. The van der Waals surface area contributed by atoms with Gasteiger partial charge in [-0.05, 0) is 44.7 Å². The lowest BCUT2D eigenvalue weighted by Crippen LogP contribution is -2.41. The second kappa shape index (κ2) is 5.62. The minimum absolute atomic E-state index is 0.419. The van der Waals surface area contributed by atoms with Gasteiger partial charge in [-0.15, -0.1) is 0 Å². The molecule has 1 aliphatic heterocycles. The number of hydrogen-bond acceptors (Lipinski definition) is 2. The van der Waals surface area contributed by atoms with E-state index in [4.69, 9.17) is 0 Å². The van der Waals surface area contributed by atoms with E-state index in [0.29, 0.717) is 6.04 Å². The van der Waals surface area contributed by atoms with Gasteiger partial charge in [0.15, 0.2) is 0 Å². The largest absolute Gasteiger partial charge is 0.389 e. The van der Waals surface area contributed by atoms with E-state index >= 15 is 0 Å². The Labute approximate surface area is 118 Å². The third-order valence-corrected chi connectivity index (χ3v) is 4.36. The highest BCUT2D eigenvalue weighted by Crippen LogP contribution is 2.34. The Morgan fingerprint density at radius 3 is 2.72 bits per heavy atom. The van der Waals surface area contributed by atoms with E-state index in [1.807, 2.05) is 19.1 Å². The van der Waals surface area contributed by atoms with Crippen molar-refractivity contribution < 1.29 is 5.11 Å². The van der Waals surface area contributed by atoms with Crippen molar-refractivity contribution in [1.82, 2.24) is 0 Å². The van der Waals surface area contributed by atoms with E-state index in [9.17, 15) is 5.11 Å². The van der Waals surface area contributed by atoms with Crippen LogP contribution in [0, 0.1) is 5.92 Å². The smallest absolute Gasteiger partial charge is 0.0782 e. The zero-order valence-electron chi connectivity index (χ0n) is 11.4. The van der Waals surface area contributed by atoms with Crippen molar-refractivity contribution in [3.8, 4) is 0 Å². The Morgan fingerprint density at radius 2 is 2.06 bits per heavy atom. The molecule has 0 amide bonds. The minimum Gasteiger partial charge on any atom is -0.389 e. The molecule has 2 nitrogen and oxygen atoms in total. The number of anilines is 1. The van der Waals surface area contributed by atoms with Crippen molar-refractivity contribution >= 4 is 21.6 Å². The summed E-state index contributed by atoms with van der Waals surface area (Å²) in [5.41, 5.74) is 2.21. The van der Waals surface area contributed by atoms with Gasteiger partial charge in [-0.1, -0.05) is 28.9 Å². The number of aliphatic hydroxyl groups is 1. The number of piperidine rings is 1. The van der Waals surface area contributed by atoms with E-state index in [2.05, 4.69) is 40.7 Å². The molecule has 1 fully saturated rings. The minimum atomic E-state index is -0.419. The van der Waals surface area contributed by atoms with Gasteiger partial charge in [-0.3, -0.25) is 0 Å². The first kappa shape index (κ1) is 13.9. The van der Waals surface area contributed by atoms with Gasteiger partial charge in [0.1, 0.15) is 0 Å². The molecule has 1 heterocycles. The number of aliphatic hydroxyl groups excluding tert-OH is 1. The first-order valence-electron chi connectivity index (χ1n) is 6.73. The Morgan fingerprint density at radius 1 is 1.33 bits per heavy atom. The third-order valence-electron chi connectivity index (χ3n) is 3.87. The topological polar surface area (TPSA) is 23.5 Å². The van der Waals surface area contributed by atoms with Gasteiger partial charge in [0.2, 0.25) is 0 Å². The Bertz CT molecular complexity index is 419. The summed E-state index contributed by atoms with van der Waals surface area (Å²) in [7, 11) is 0. The fourth-order valence-corrected chi connectivity index (χ4v) is 3.09. The summed E-state index contributed by atoms with van der Waals surface area (Å²) in [5.74, 6) is 0.724. The molecule has 100 valence electrons. The zero-order valence-corrected chi connectivity index (χ0v) is 12.9. The van der Waals surface area contributed by atoms with Crippen molar-refractivity contribution in [2.75, 3.05) is 11.4 Å². The summed E-state index contributed by atoms with van der Waals surface area (Å²) in [6.45, 7) is 7.50. The van der Waals surface area contributed by atoms with Gasteiger partial charge in [-0.25, -0.2) is 0 Å². The summed E-state index contributed by atoms with van der Waals surface area (Å²) < 4.78 is 1.08. The molecule has 3 heteroatoms. The number of benzene rings is 1. The second-order valence-electron chi connectivity index (χ2n) is 5.56. The van der Waals surface area contributed by atoms with Crippen LogP contribution in [-0.4, -0.2) is 17.7 Å². The van der Waals surface area contributed by atoms with E-state index < -0.39 is 6.10 Å². The average molecular weight is 312 g/mol. The lowest BCUT2D eigenvalue weighted by molar-refractivity contribution is 0.199. The Kier molecular flexibility index (Phi) is 4.33. The maximum atomic E-state index is 9.94. The van der Waals surface area contributed by atoms with Crippen molar-refractivity contribution in [3.05, 3.63) is 28.2 Å². The predicted octanol–water partition coefficient (Wildman–Crippen LogP) is 4.13. The lowest BCUT2D eigenvalue weighted by Gasteiger charge is -2.40. The third kappa shape index (κ3) is 2.89. The molecular formula is C15H22BrNO. The standard InChI is InChI=1S/C15H22BrNO/c1-10-4-5-11(2)17(9-10)15-8-13(16)6-7-14(15)12(3)18/h6-8,10-12,18H,4-5,9H2,1-3H3. The van der Waals surface area contributed by atoms with Gasteiger partial charge < -0.3 is 10.0 Å². The number of rotatable bonds is 2. The van der Waals surface area contributed by atoms with Gasteiger partial charge >= 0.3 is 0 Å². The van der Waals surface area contributed by atoms with Gasteiger partial charge in [0.25, 0.3) is 0 Å². The quantitative estimate of drug-likeness (QED) is 0.887. The highest BCUT2D eigenvalue weighted by molar-refractivity contribution is 9.10. The molecule has 3 atom stereocenters. The molecule has 0 saturated carbocycles. The summed E-state index contributed by atoms with van der Waals surface area (Å²) in [4.78, 5) is 2.45. The normalized spacial score (nSPS) is 26.2. The lowest BCUT2D eigenvalue weighted by atomic mass is 9.93. The van der Waals surface area contributed by atoms with E-state index in [1.54, 1.807) is 0 Å².